The van der Waals surface area contributed by atoms with Crippen LogP contribution in [0.4, 0.5) is 13.2 Å². The molecule has 0 heterocycles. The summed E-state index contributed by atoms with van der Waals surface area (Å²) in [7, 11) is 0. The highest BCUT2D eigenvalue weighted by Gasteiger charge is 2.38. The predicted octanol–water partition coefficient (Wildman–Crippen LogP) is 2.58. The molecular weight excluding hydrogens is 375 g/mol. The number of thioether (sulfide) groups is 1. The number of carbonyl (C=O) groups excluding carboxylic acids is 1. The molecule has 0 unspecified atom stereocenters. The van der Waals surface area contributed by atoms with Crippen LogP contribution < -0.4 is 5.32 Å². The fourth-order valence-corrected chi connectivity index (χ4v) is 2.13. The topological polar surface area (TPSA) is 104 Å². The third kappa shape index (κ3) is 11.3. The molecule has 6 nitrogen and oxygen atoms in total. The molecule has 0 aliphatic carbocycles. The number of aliphatic carboxylic acids is 2. The van der Waals surface area contributed by atoms with Gasteiger partial charge in [0.05, 0.1) is 0 Å². The molecule has 0 saturated heterocycles. The molecule has 0 spiro atoms. The van der Waals surface area contributed by atoms with Crippen LogP contribution in [-0.2, 0) is 20.8 Å². The van der Waals surface area contributed by atoms with Crippen LogP contribution in [0.15, 0.2) is 30.3 Å². The second-order valence-corrected chi connectivity index (χ2v) is 6.01. The van der Waals surface area contributed by atoms with Gasteiger partial charge in [-0.1, -0.05) is 30.3 Å². The van der Waals surface area contributed by atoms with Crippen LogP contribution in [0, 0.1) is 0 Å². The van der Waals surface area contributed by atoms with Gasteiger partial charge in [0.1, 0.15) is 6.04 Å². The van der Waals surface area contributed by atoms with Gasteiger partial charge in [-0.15, -0.1) is 0 Å². The summed E-state index contributed by atoms with van der Waals surface area (Å²) >= 11 is 1.57. The molecule has 3 N–H and O–H groups in total. The van der Waals surface area contributed by atoms with Crippen molar-refractivity contribution in [3.8, 4) is 0 Å². The molecule has 0 bridgehead atoms. The maximum absolute atomic E-state index is 11.7. The summed E-state index contributed by atoms with van der Waals surface area (Å²) in [6, 6.07) is 8.89. The lowest BCUT2D eigenvalue weighted by Crippen LogP contribution is -2.41. The highest BCUT2D eigenvalue weighted by molar-refractivity contribution is 7.98. The van der Waals surface area contributed by atoms with Gasteiger partial charge in [-0.25, -0.2) is 9.59 Å². The van der Waals surface area contributed by atoms with E-state index in [-0.39, 0.29) is 5.91 Å². The monoisotopic (exact) mass is 395 g/mol. The Morgan fingerprint density at radius 2 is 1.69 bits per heavy atom. The van der Waals surface area contributed by atoms with Gasteiger partial charge in [0, 0.05) is 6.42 Å². The first-order chi connectivity index (χ1) is 12.1. The summed E-state index contributed by atoms with van der Waals surface area (Å²) in [6.45, 7) is 0. The van der Waals surface area contributed by atoms with Gasteiger partial charge in [-0.2, -0.15) is 24.9 Å². The second-order valence-electron chi connectivity index (χ2n) is 5.03. The van der Waals surface area contributed by atoms with Gasteiger partial charge < -0.3 is 15.5 Å². The zero-order valence-electron chi connectivity index (χ0n) is 14.0. The molecule has 1 aromatic rings. The van der Waals surface area contributed by atoms with Gasteiger partial charge in [-0.3, -0.25) is 4.79 Å². The molecule has 1 amide bonds. The summed E-state index contributed by atoms with van der Waals surface area (Å²) in [5.74, 6) is -3.22. The van der Waals surface area contributed by atoms with E-state index in [1.807, 2.05) is 36.6 Å². The van der Waals surface area contributed by atoms with Crippen molar-refractivity contribution in [2.24, 2.45) is 0 Å². The number of aryl methyl sites for hydroxylation is 1. The number of halogens is 3. The smallest absolute Gasteiger partial charge is 0.480 e. The lowest BCUT2D eigenvalue weighted by Gasteiger charge is -2.13. The number of alkyl halides is 3. The number of carbonyl (C=O) groups is 3. The van der Waals surface area contributed by atoms with Crippen LogP contribution in [0.5, 0.6) is 0 Å². The quantitative estimate of drug-likeness (QED) is 0.625. The van der Waals surface area contributed by atoms with Gasteiger partial charge in [-0.05, 0) is 30.4 Å². The van der Waals surface area contributed by atoms with Crippen molar-refractivity contribution in [1.82, 2.24) is 5.32 Å². The number of hydrogen-bond acceptors (Lipinski definition) is 4. The first-order valence-corrected chi connectivity index (χ1v) is 8.82. The van der Waals surface area contributed by atoms with Crippen molar-refractivity contribution in [2.45, 2.75) is 31.5 Å². The van der Waals surface area contributed by atoms with E-state index in [4.69, 9.17) is 15.0 Å². The number of hydrogen-bond donors (Lipinski definition) is 3. The largest absolute Gasteiger partial charge is 0.490 e. The number of carboxylic acids is 2. The molecule has 0 aromatic heterocycles. The summed E-state index contributed by atoms with van der Waals surface area (Å²) in [4.78, 5) is 31.6. The van der Waals surface area contributed by atoms with Crippen molar-refractivity contribution < 1.29 is 37.8 Å². The average molecular weight is 395 g/mol. The number of amides is 1. The third-order valence-electron chi connectivity index (χ3n) is 2.97. The van der Waals surface area contributed by atoms with Crippen molar-refractivity contribution in [3.63, 3.8) is 0 Å². The van der Waals surface area contributed by atoms with Crippen LogP contribution in [0.1, 0.15) is 18.4 Å². The minimum atomic E-state index is -5.08. The van der Waals surface area contributed by atoms with E-state index in [0.717, 1.165) is 11.3 Å². The third-order valence-corrected chi connectivity index (χ3v) is 3.61. The van der Waals surface area contributed by atoms with Crippen LogP contribution in [0.3, 0.4) is 0 Å². The lowest BCUT2D eigenvalue weighted by atomic mass is 10.1. The Bertz CT molecular complexity index is 581. The van der Waals surface area contributed by atoms with E-state index in [1.54, 1.807) is 11.8 Å². The van der Waals surface area contributed by atoms with Crippen LogP contribution in [-0.4, -0.2) is 52.3 Å². The molecule has 0 aliphatic heterocycles. The van der Waals surface area contributed by atoms with Crippen molar-refractivity contribution >= 4 is 29.6 Å². The van der Waals surface area contributed by atoms with Crippen molar-refractivity contribution in [1.29, 1.82) is 0 Å². The first-order valence-electron chi connectivity index (χ1n) is 7.43. The Morgan fingerprint density at radius 3 is 2.12 bits per heavy atom. The minimum absolute atomic E-state index is 0.211. The summed E-state index contributed by atoms with van der Waals surface area (Å²) in [5.41, 5.74) is 1.08. The summed E-state index contributed by atoms with van der Waals surface area (Å²) in [6.07, 6.45) is -1.78. The summed E-state index contributed by atoms with van der Waals surface area (Å²) in [5, 5.41) is 18.7. The standard InChI is InChI=1S/C14H19NO3S.C2HF3O2/c1-19-10-9-12(14(17)18)15-13(16)8-7-11-5-3-2-4-6-11;3-2(4,5)1(6)7/h2-6,12H,7-10H2,1H3,(H,15,16)(H,17,18);(H,6,7)/t12-;/m0./s1. The first kappa shape index (κ1) is 23.8. The van der Waals surface area contributed by atoms with Gasteiger partial charge in [0.25, 0.3) is 0 Å². The zero-order chi connectivity index (χ0) is 20.2. The van der Waals surface area contributed by atoms with E-state index in [1.165, 1.54) is 0 Å². The minimum Gasteiger partial charge on any atom is -0.480 e. The Kier molecular flexibility index (Phi) is 11.1. The van der Waals surface area contributed by atoms with Crippen LogP contribution >= 0.6 is 11.8 Å². The normalized spacial score (nSPS) is 11.7. The molecule has 26 heavy (non-hydrogen) atoms. The predicted molar refractivity (Wildman–Crippen MR) is 91.0 cm³/mol. The average Bonchev–Trinajstić information content (AvgIpc) is 2.57. The molecule has 0 aliphatic rings. The fourth-order valence-electron chi connectivity index (χ4n) is 1.66. The molecule has 1 aromatic carbocycles. The SMILES string of the molecule is CSCC[C@H](NC(=O)CCc1ccccc1)C(=O)O.O=C(O)C(F)(F)F. The van der Waals surface area contributed by atoms with E-state index < -0.39 is 24.2 Å². The highest BCUT2D eigenvalue weighted by atomic mass is 32.2. The van der Waals surface area contributed by atoms with E-state index in [9.17, 15) is 22.8 Å². The molecule has 146 valence electrons. The molecule has 0 fully saturated rings. The number of benzene rings is 1. The van der Waals surface area contributed by atoms with E-state index in [0.29, 0.717) is 19.3 Å². The van der Waals surface area contributed by atoms with Gasteiger partial charge in [0.2, 0.25) is 5.91 Å². The van der Waals surface area contributed by atoms with E-state index in [2.05, 4.69) is 5.32 Å². The van der Waals surface area contributed by atoms with Gasteiger partial charge >= 0.3 is 18.1 Å². The Labute approximate surface area is 152 Å². The fraction of sp³-hybridized carbons (Fsp3) is 0.438. The maximum atomic E-state index is 11.7. The number of rotatable bonds is 8. The Morgan fingerprint density at radius 1 is 1.15 bits per heavy atom. The molecule has 10 heteroatoms. The van der Waals surface area contributed by atoms with E-state index >= 15 is 0 Å². The van der Waals surface area contributed by atoms with Crippen LogP contribution in [0.25, 0.3) is 0 Å². The zero-order valence-corrected chi connectivity index (χ0v) is 14.8. The van der Waals surface area contributed by atoms with Crippen LogP contribution in [0.2, 0.25) is 0 Å². The molecule has 1 rings (SSSR count). The van der Waals surface area contributed by atoms with Crippen molar-refractivity contribution in [3.05, 3.63) is 35.9 Å². The summed E-state index contributed by atoms with van der Waals surface area (Å²) < 4.78 is 31.7. The molecule has 1 atom stereocenters. The molecule has 0 radical (unpaired) electrons. The molecule has 0 saturated carbocycles. The number of carboxylic acid groups (broad SMARTS) is 2. The highest BCUT2D eigenvalue weighted by Crippen LogP contribution is 2.13. The van der Waals surface area contributed by atoms with Crippen molar-refractivity contribution in [2.75, 3.05) is 12.0 Å². The molecular formula is C16H20F3NO5S. The Balaban J connectivity index is 0.000000758. The number of nitrogens with one attached hydrogen (secondary N) is 1. The second kappa shape index (κ2) is 12.2. The maximum Gasteiger partial charge on any atom is 0.490 e. The Hall–Kier alpha value is -2.23. The van der Waals surface area contributed by atoms with Gasteiger partial charge in [0.15, 0.2) is 0 Å². The lowest BCUT2D eigenvalue weighted by molar-refractivity contribution is -0.192.